The largest absolute Gasteiger partial charge is 0.318 e. The molecule has 0 aliphatic carbocycles. The zero-order valence-corrected chi connectivity index (χ0v) is 11.3. The van der Waals surface area contributed by atoms with Gasteiger partial charge in [0.2, 0.25) is 0 Å². The minimum atomic E-state index is -0.578. The first-order valence-corrected chi connectivity index (χ1v) is 6.45. The normalized spacial score (nSPS) is 12.6. The van der Waals surface area contributed by atoms with Gasteiger partial charge in [0, 0.05) is 12.2 Å². The van der Waals surface area contributed by atoms with Crippen LogP contribution in [0.15, 0.2) is 42.6 Å². The van der Waals surface area contributed by atoms with Crippen LogP contribution in [0.5, 0.6) is 0 Å². The van der Waals surface area contributed by atoms with E-state index in [-0.39, 0.29) is 12.2 Å². The number of nitrogens with zero attached hydrogens (tertiary/aromatic N) is 2. The van der Waals surface area contributed by atoms with E-state index in [1.807, 2.05) is 61.1 Å². The Kier molecular flexibility index (Phi) is 4.12. The summed E-state index contributed by atoms with van der Waals surface area (Å²) < 4.78 is 1.84. The quantitative estimate of drug-likeness (QED) is 0.893. The van der Waals surface area contributed by atoms with Gasteiger partial charge >= 0.3 is 0 Å². The predicted octanol–water partition coefficient (Wildman–Crippen LogP) is 2.28. The molecule has 0 aliphatic rings. The van der Waals surface area contributed by atoms with Crippen LogP contribution < -0.4 is 5.73 Å². The highest BCUT2D eigenvalue weighted by atomic mass is 16.1. The number of nitrogens with two attached hydrogens (primary N) is 1. The number of hydrogen-bond acceptors (Lipinski definition) is 3. The van der Waals surface area contributed by atoms with Crippen molar-refractivity contribution in [3.63, 3.8) is 0 Å². The first-order chi connectivity index (χ1) is 9.08. The van der Waals surface area contributed by atoms with Gasteiger partial charge in [-0.05, 0) is 25.5 Å². The summed E-state index contributed by atoms with van der Waals surface area (Å²) in [6.45, 7) is 4.10. The lowest BCUT2D eigenvalue weighted by Gasteiger charge is -2.10. The van der Waals surface area contributed by atoms with Crippen molar-refractivity contribution in [3.8, 4) is 0 Å². The van der Waals surface area contributed by atoms with Gasteiger partial charge in [-0.25, -0.2) is 0 Å². The van der Waals surface area contributed by atoms with E-state index < -0.39 is 6.04 Å². The predicted molar refractivity (Wildman–Crippen MR) is 74.7 cm³/mol. The fourth-order valence-corrected chi connectivity index (χ4v) is 1.89. The molecule has 1 atom stereocenters. The summed E-state index contributed by atoms with van der Waals surface area (Å²) in [5.41, 5.74) is 7.58. The Labute approximate surface area is 113 Å². The first kappa shape index (κ1) is 13.5. The smallest absolute Gasteiger partial charge is 0.160 e. The highest BCUT2D eigenvalue weighted by Gasteiger charge is 2.17. The average Bonchev–Trinajstić information content (AvgIpc) is 2.87. The van der Waals surface area contributed by atoms with Crippen molar-refractivity contribution in [3.05, 3.63) is 53.9 Å². The number of hydrogen-bond donors (Lipinski definition) is 1. The lowest BCUT2D eigenvalue weighted by Crippen LogP contribution is -2.23. The van der Waals surface area contributed by atoms with Gasteiger partial charge in [-0.2, -0.15) is 5.10 Å². The van der Waals surface area contributed by atoms with E-state index in [2.05, 4.69) is 5.10 Å². The number of carbonyl (C=O) groups excluding carboxylic acids is 1. The van der Waals surface area contributed by atoms with Crippen LogP contribution in [0.3, 0.4) is 0 Å². The van der Waals surface area contributed by atoms with Crippen LogP contribution in [-0.4, -0.2) is 15.6 Å². The molecule has 2 aromatic rings. The van der Waals surface area contributed by atoms with Crippen LogP contribution >= 0.6 is 0 Å². The Bertz CT molecular complexity index is 546. The lowest BCUT2D eigenvalue weighted by atomic mass is 10.0. The van der Waals surface area contributed by atoms with Gasteiger partial charge in [0.25, 0.3) is 0 Å². The molecule has 1 unspecified atom stereocenters. The van der Waals surface area contributed by atoms with Gasteiger partial charge in [-0.1, -0.05) is 30.3 Å². The molecule has 0 bridgehead atoms. The highest BCUT2D eigenvalue weighted by molar-refractivity contribution is 5.86. The zero-order chi connectivity index (χ0) is 13.8. The Hall–Kier alpha value is -1.94. The first-order valence-electron chi connectivity index (χ1n) is 6.45. The van der Waals surface area contributed by atoms with Crippen LogP contribution in [0, 0.1) is 0 Å². The molecule has 0 fully saturated rings. The second kappa shape index (κ2) is 5.80. The maximum atomic E-state index is 12.1. The molecule has 1 aromatic heterocycles. The van der Waals surface area contributed by atoms with E-state index >= 15 is 0 Å². The van der Waals surface area contributed by atoms with Crippen molar-refractivity contribution in [1.29, 1.82) is 0 Å². The van der Waals surface area contributed by atoms with E-state index in [1.165, 1.54) is 0 Å². The van der Waals surface area contributed by atoms with Gasteiger partial charge in [-0.3, -0.25) is 9.48 Å². The third-order valence-corrected chi connectivity index (χ3v) is 3.05. The van der Waals surface area contributed by atoms with Crippen LogP contribution in [0.25, 0.3) is 0 Å². The summed E-state index contributed by atoms with van der Waals surface area (Å²) in [6.07, 6.45) is 2.16. The summed E-state index contributed by atoms with van der Waals surface area (Å²) in [7, 11) is 0. The van der Waals surface area contributed by atoms with Gasteiger partial charge in [0.1, 0.15) is 0 Å². The molecule has 0 radical (unpaired) electrons. The Morgan fingerprint density at radius 3 is 2.53 bits per heavy atom. The maximum Gasteiger partial charge on any atom is 0.160 e. The van der Waals surface area contributed by atoms with Crippen molar-refractivity contribution >= 4 is 5.78 Å². The topological polar surface area (TPSA) is 60.9 Å². The summed E-state index contributed by atoms with van der Waals surface area (Å²) in [6, 6.07) is 11.0. The Morgan fingerprint density at radius 2 is 1.95 bits per heavy atom. The van der Waals surface area contributed by atoms with Crippen molar-refractivity contribution in [2.45, 2.75) is 32.4 Å². The molecule has 0 saturated carbocycles. The Balaban J connectivity index is 2.04. The molecule has 0 saturated heterocycles. The molecular formula is C15H19N3O. The second-order valence-electron chi connectivity index (χ2n) is 4.91. The average molecular weight is 257 g/mol. The van der Waals surface area contributed by atoms with Crippen molar-refractivity contribution in [2.75, 3.05) is 0 Å². The number of rotatable bonds is 5. The summed E-state index contributed by atoms with van der Waals surface area (Å²) in [4.78, 5) is 12.1. The summed E-state index contributed by atoms with van der Waals surface area (Å²) in [5.74, 6) is -0.0137. The number of ketones is 1. The van der Waals surface area contributed by atoms with Crippen molar-refractivity contribution in [1.82, 2.24) is 9.78 Å². The third kappa shape index (κ3) is 3.29. The minimum Gasteiger partial charge on any atom is -0.318 e. The summed E-state index contributed by atoms with van der Waals surface area (Å²) in [5, 5.41) is 4.37. The molecule has 1 aromatic carbocycles. The molecule has 4 nitrogen and oxygen atoms in total. The third-order valence-electron chi connectivity index (χ3n) is 3.05. The van der Waals surface area contributed by atoms with E-state index in [0.717, 1.165) is 11.3 Å². The molecule has 100 valence electrons. The Morgan fingerprint density at radius 1 is 1.26 bits per heavy atom. The van der Waals surface area contributed by atoms with E-state index in [0.29, 0.717) is 6.04 Å². The van der Waals surface area contributed by atoms with Gasteiger partial charge < -0.3 is 5.73 Å². The molecule has 2 N–H and O–H groups in total. The van der Waals surface area contributed by atoms with Gasteiger partial charge in [0.15, 0.2) is 5.78 Å². The lowest BCUT2D eigenvalue weighted by molar-refractivity contribution is -0.119. The SMILES string of the molecule is CC(C)n1ccc(CC(=O)C(N)c2ccccc2)n1. The van der Waals surface area contributed by atoms with Crippen LogP contribution in [0.1, 0.15) is 37.2 Å². The number of aromatic nitrogens is 2. The van der Waals surface area contributed by atoms with Crippen molar-refractivity contribution in [2.24, 2.45) is 5.73 Å². The summed E-state index contributed by atoms with van der Waals surface area (Å²) >= 11 is 0. The number of Topliss-reactive ketones (excluding diaryl/α,β-unsaturated/α-hetero) is 1. The minimum absolute atomic E-state index is 0.0137. The van der Waals surface area contributed by atoms with Gasteiger partial charge in [-0.15, -0.1) is 0 Å². The van der Waals surface area contributed by atoms with E-state index in [9.17, 15) is 4.79 Å². The standard InChI is InChI=1S/C15H19N3O/c1-11(2)18-9-8-13(17-18)10-14(19)15(16)12-6-4-3-5-7-12/h3-9,11,15H,10,16H2,1-2H3. The molecule has 0 amide bonds. The number of benzene rings is 1. The zero-order valence-electron chi connectivity index (χ0n) is 11.3. The van der Waals surface area contributed by atoms with E-state index in [1.54, 1.807) is 0 Å². The molecule has 2 rings (SSSR count). The monoisotopic (exact) mass is 257 g/mol. The fraction of sp³-hybridized carbons (Fsp3) is 0.333. The van der Waals surface area contributed by atoms with Crippen LogP contribution in [0.2, 0.25) is 0 Å². The number of carbonyl (C=O) groups is 1. The molecule has 1 heterocycles. The second-order valence-corrected chi connectivity index (χ2v) is 4.91. The highest BCUT2D eigenvalue weighted by Crippen LogP contribution is 2.13. The van der Waals surface area contributed by atoms with Crippen molar-refractivity contribution < 1.29 is 4.79 Å². The molecule has 0 spiro atoms. The fourth-order valence-electron chi connectivity index (χ4n) is 1.89. The maximum absolute atomic E-state index is 12.1. The van der Waals surface area contributed by atoms with Crippen LogP contribution in [0.4, 0.5) is 0 Å². The molecular weight excluding hydrogens is 238 g/mol. The molecule has 0 aliphatic heterocycles. The molecule has 4 heteroatoms. The van der Waals surface area contributed by atoms with Gasteiger partial charge in [0.05, 0.1) is 18.2 Å². The van der Waals surface area contributed by atoms with Crippen LogP contribution in [-0.2, 0) is 11.2 Å². The molecule has 19 heavy (non-hydrogen) atoms. The van der Waals surface area contributed by atoms with E-state index in [4.69, 9.17) is 5.73 Å².